The molecule has 2 aromatic carbocycles. The topological polar surface area (TPSA) is 21.3 Å². The lowest BCUT2D eigenvalue weighted by molar-refractivity contribution is 0.482. The first-order valence-corrected chi connectivity index (χ1v) is 6.27. The summed E-state index contributed by atoms with van der Waals surface area (Å²) in [7, 11) is 1.98. The van der Waals surface area contributed by atoms with Gasteiger partial charge in [-0.3, -0.25) is 0 Å². The molecule has 1 atom stereocenters. The van der Waals surface area contributed by atoms with Gasteiger partial charge in [0.15, 0.2) is 0 Å². The molecule has 0 amide bonds. The quantitative estimate of drug-likeness (QED) is 0.859. The Hall–Kier alpha value is -1.80. The smallest absolute Gasteiger partial charge is 0.127 e. The lowest BCUT2D eigenvalue weighted by atomic mass is 10.0. The Morgan fingerprint density at radius 1 is 0.944 bits per heavy atom. The minimum Gasteiger partial charge on any atom is -0.457 e. The van der Waals surface area contributed by atoms with Crippen LogP contribution in [0.2, 0.25) is 0 Å². The molecule has 0 fully saturated rings. The number of rotatable bonds is 5. The van der Waals surface area contributed by atoms with Gasteiger partial charge in [0, 0.05) is 6.54 Å². The van der Waals surface area contributed by atoms with Gasteiger partial charge in [-0.1, -0.05) is 37.3 Å². The second-order valence-electron chi connectivity index (χ2n) is 4.44. The zero-order valence-electron chi connectivity index (χ0n) is 10.9. The highest BCUT2D eigenvalue weighted by Gasteiger charge is 2.04. The Bertz CT molecular complexity index is 464. The maximum absolute atomic E-state index is 5.76. The van der Waals surface area contributed by atoms with E-state index in [0.29, 0.717) is 5.92 Å². The van der Waals surface area contributed by atoms with Crippen LogP contribution >= 0.6 is 0 Å². The van der Waals surface area contributed by atoms with Crippen LogP contribution in [0.1, 0.15) is 18.4 Å². The van der Waals surface area contributed by atoms with Crippen molar-refractivity contribution in [2.75, 3.05) is 13.6 Å². The Balaban J connectivity index is 2.04. The maximum atomic E-state index is 5.76. The summed E-state index contributed by atoms with van der Waals surface area (Å²) in [6, 6.07) is 18.1. The molecule has 0 spiro atoms. The number of ether oxygens (including phenoxy) is 1. The fourth-order valence-corrected chi connectivity index (χ4v) is 1.91. The van der Waals surface area contributed by atoms with Crippen LogP contribution < -0.4 is 10.1 Å². The third kappa shape index (κ3) is 3.34. The largest absolute Gasteiger partial charge is 0.457 e. The van der Waals surface area contributed by atoms with Crippen LogP contribution in [-0.2, 0) is 0 Å². The Morgan fingerprint density at radius 2 is 1.56 bits per heavy atom. The first kappa shape index (κ1) is 12.7. The van der Waals surface area contributed by atoms with Gasteiger partial charge in [-0.2, -0.15) is 0 Å². The molecule has 2 rings (SSSR count). The molecule has 94 valence electrons. The van der Waals surface area contributed by atoms with Crippen molar-refractivity contribution in [3.8, 4) is 11.5 Å². The highest BCUT2D eigenvalue weighted by molar-refractivity contribution is 5.33. The second kappa shape index (κ2) is 6.22. The van der Waals surface area contributed by atoms with Gasteiger partial charge < -0.3 is 10.1 Å². The summed E-state index contributed by atoms with van der Waals surface area (Å²) < 4.78 is 5.76. The summed E-state index contributed by atoms with van der Waals surface area (Å²) in [5.41, 5.74) is 1.32. The van der Waals surface area contributed by atoms with Crippen molar-refractivity contribution in [1.82, 2.24) is 5.32 Å². The van der Waals surface area contributed by atoms with Gasteiger partial charge in [-0.15, -0.1) is 0 Å². The summed E-state index contributed by atoms with van der Waals surface area (Å²) in [5, 5.41) is 3.19. The van der Waals surface area contributed by atoms with E-state index in [1.165, 1.54) is 5.56 Å². The summed E-state index contributed by atoms with van der Waals surface area (Å²) in [5.74, 6) is 2.26. The van der Waals surface area contributed by atoms with E-state index < -0.39 is 0 Å². The van der Waals surface area contributed by atoms with Crippen LogP contribution in [0.3, 0.4) is 0 Å². The van der Waals surface area contributed by atoms with E-state index in [2.05, 4.69) is 24.4 Å². The zero-order chi connectivity index (χ0) is 12.8. The predicted molar refractivity (Wildman–Crippen MR) is 75.3 cm³/mol. The molecular weight excluding hydrogens is 222 g/mol. The molecular formula is C16H19NO. The van der Waals surface area contributed by atoms with Crippen LogP contribution in [0.15, 0.2) is 54.6 Å². The molecule has 0 radical (unpaired) electrons. The van der Waals surface area contributed by atoms with Gasteiger partial charge >= 0.3 is 0 Å². The fourth-order valence-electron chi connectivity index (χ4n) is 1.91. The van der Waals surface area contributed by atoms with E-state index in [9.17, 15) is 0 Å². The molecule has 0 bridgehead atoms. The average Bonchev–Trinajstić information content (AvgIpc) is 2.41. The predicted octanol–water partition coefficient (Wildman–Crippen LogP) is 3.80. The molecule has 0 aliphatic carbocycles. The van der Waals surface area contributed by atoms with Crippen molar-refractivity contribution in [2.45, 2.75) is 12.8 Å². The van der Waals surface area contributed by atoms with Crippen molar-refractivity contribution >= 4 is 0 Å². The van der Waals surface area contributed by atoms with Gasteiger partial charge in [0.05, 0.1) is 0 Å². The van der Waals surface area contributed by atoms with Gasteiger partial charge in [-0.05, 0) is 42.8 Å². The number of nitrogens with one attached hydrogen (secondary N) is 1. The molecule has 1 N–H and O–H groups in total. The molecule has 18 heavy (non-hydrogen) atoms. The van der Waals surface area contributed by atoms with Crippen molar-refractivity contribution in [3.63, 3.8) is 0 Å². The Kier molecular flexibility index (Phi) is 4.37. The molecule has 2 nitrogen and oxygen atoms in total. The molecule has 2 heteroatoms. The standard InChI is InChI=1S/C16H19NO/c1-13(12-17-2)14-8-10-16(11-9-14)18-15-6-4-3-5-7-15/h3-11,13,17H,12H2,1-2H3. The van der Waals surface area contributed by atoms with Gasteiger partial charge in [0.25, 0.3) is 0 Å². The third-order valence-electron chi connectivity index (χ3n) is 2.94. The first-order chi connectivity index (χ1) is 8.79. The fraction of sp³-hybridized carbons (Fsp3) is 0.250. The van der Waals surface area contributed by atoms with Gasteiger partial charge in [-0.25, -0.2) is 0 Å². The maximum Gasteiger partial charge on any atom is 0.127 e. The lowest BCUT2D eigenvalue weighted by Crippen LogP contribution is -2.14. The Morgan fingerprint density at radius 3 is 2.17 bits per heavy atom. The van der Waals surface area contributed by atoms with Crippen LogP contribution in [0.4, 0.5) is 0 Å². The van der Waals surface area contributed by atoms with E-state index in [0.717, 1.165) is 18.0 Å². The van der Waals surface area contributed by atoms with Crippen molar-refractivity contribution in [1.29, 1.82) is 0 Å². The van der Waals surface area contributed by atoms with Crippen LogP contribution in [0, 0.1) is 0 Å². The molecule has 1 unspecified atom stereocenters. The lowest BCUT2D eigenvalue weighted by Gasteiger charge is -2.12. The van der Waals surface area contributed by atoms with E-state index in [4.69, 9.17) is 4.74 Å². The van der Waals surface area contributed by atoms with E-state index >= 15 is 0 Å². The first-order valence-electron chi connectivity index (χ1n) is 6.27. The third-order valence-corrected chi connectivity index (χ3v) is 2.94. The normalized spacial score (nSPS) is 12.1. The summed E-state index contributed by atoms with van der Waals surface area (Å²) in [4.78, 5) is 0. The van der Waals surface area contributed by atoms with E-state index in [1.54, 1.807) is 0 Å². The minimum atomic E-state index is 0.515. The zero-order valence-corrected chi connectivity index (χ0v) is 10.9. The SMILES string of the molecule is CNCC(C)c1ccc(Oc2ccccc2)cc1. The van der Waals surface area contributed by atoms with Gasteiger partial charge in [0.2, 0.25) is 0 Å². The highest BCUT2D eigenvalue weighted by Crippen LogP contribution is 2.23. The number of benzene rings is 2. The monoisotopic (exact) mass is 241 g/mol. The molecule has 2 aromatic rings. The minimum absolute atomic E-state index is 0.515. The van der Waals surface area contributed by atoms with E-state index in [-0.39, 0.29) is 0 Å². The van der Waals surface area contributed by atoms with Gasteiger partial charge in [0.1, 0.15) is 11.5 Å². The summed E-state index contributed by atoms with van der Waals surface area (Å²) >= 11 is 0. The average molecular weight is 241 g/mol. The molecule has 0 saturated carbocycles. The summed E-state index contributed by atoms with van der Waals surface area (Å²) in [6.07, 6.45) is 0. The van der Waals surface area contributed by atoms with Crippen molar-refractivity contribution in [2.24, 2.45) is 0 Å². The number of hydrogen-bond acceptors (Lipinski definition) is 2. The Labute approximate surface area is 109 Å². The number of hydrogen-bond donors (Lipinski definition) is 1. The number of likely N-dealkylation sites (N-methyl/N-ethyl adjacent to an activating group) is 1. The van der Waals surface area contributed by atoms with E-state index in [1.807, 2.05) is 49.5 Å². The number of para-hydroxylation sites is 1. The molecule has 0 saturated heterocycles. The van der Waals surface area contributed by atoms with Crippen LogP contribution in [-0.4, -0.2) is 13.6 Å². The molecule has 0 heterocycles. The molecule has 0 aliphatic rings. The highest BCUT2D eigenvalue weighted by atomic mass is 16.5. The molecule has 0 aromatic heterocycles. The van der Waals surface area contributed by atoms with Crippen molar-refractivity contribution < 1.29 is 4.74 Å². The summed E-state index contributed by atoms with van der Waals surface area (Å²) in [6.45, 7) is 3.20. The van der Waals surface area contributed by atoms with Crippen LogP contribution in [0.25, 0.3) is 0 Å². The van der Waals surface area contributed by atoms with Crippen LogP contribution in [0.5, 0.6) is 11.5 Å². The van der Waals surface area contributed by atoms with Crippen molar-refractivity contribution in [3.05, 3.63) is 60.2 Å². The second-order valence-corrected chi connectivity index (χ2v) is 4.44. The molecule has 0 aliphatic heterocycles.